The monoisotopic (exact) mass is 319 g/mol. The first-order valence-corrected chi connectivity index (χ1v) is 4.69. The molecule has 0 atom stereocenters. The van der Waals surface area contributed by atoms with Crippen LogP contribution in [0.2, 0.25) is 5.02 Å². The number of hydrogen-bond acceptors (Lipinski definition) is 2. The minimum absolute atomic E-state index is 0.233. The first-order chi connectivity index (χ1) is 6.07. The van der Waals surface area contributed by atoms with Crippen molar-refractivity contribution in [2.45, 2.75) is 6.43 Å². The molecule has 0 fully saturated rings. The number of ether oxygens (including phenoxy) is 1. The van der Waals surface area contributed by atoms with Crippen molar-refractivity contribution in [3.8, 4) is 5.75 Å². The van der Waals surface area contributed by atoms with Crippen LogP contribution in [0, 0.1) is 3.57 Å². The first kappa shape index (κ1) is 10.9. The fourth-order valence-electron chi connectivity index (χ4n) is 0.802. The Balaban J connectivity index is 3.27. The van der Waals surface area contributed by atoms with E-state index in [9.17, 15) is 8.78 Å². The van der Waals surface area contributed by atoms with Gasteiger partial charge in [0.25, 0.3) is 6.43 Å². The number of methoxy groups -OCH3 is 1. The summed E-state index contributed by atoms with van der Waals surface area (Å²) < 4.78 is 29.7. The SMILES string of the molecule is COc1c(Cl)cnc(C(F)F)c1I. The van der Waals surface area contributed by atoms with E-state index >= 15 is 0 Å². The molecule has 2 nitrogen and oxygen atoms in total. The van der Waals surface area contributed by atoms with Gasteiger partial charge in [-0.2, -0.15) is 0 Å². The van der Waals surface area contributed by atoms with E-state index in [2.05, 4.69) is 4.98 Å². The maximum atomic E-state index is 12.3. The normalized spacial score (nSPS) is 10.6. The van der Waals surface area contributed by atoms with Gasteiger partial charge in [0.15, 0.2) is 5.75 Å². The van der Waals surface area contributed by atoms with Crippen LogP contribution in [0.5, 0.6) is 5.75 Å². The topological polar surface area (TPSA) is 22.1 Å². The zero-order valence-electron chi connectivity index (χ0n) is 6.52. The first-order valence-electron chi connectivity index (χ1n) is 3.24. The fraction of sp³-hybridized carbons (Fsp3) is 0.286. The largest absolute Gasteiger partial charge is 0.494 e. The second kappa shape index (κ2) is 4.36. The number of rotatable bonds is 2. The van der Waals surface area contributed by atoms with E-state index in [1.807, 2.05) is 0 Å². The Labute approximate surface area is 92.4 Å². The van der Waals surface area contributed by atoms with Crippen molar-refractivity contribution in [3.63, 3.8) is 0 Å². The molecule has 1 rings (SSSR count). The number of halogens is 4. The average molecular weight is 319 g/mol. The zero-order valence-corrected chi connectivity index (χ0v) is 9.44. The summed E-state index contributed by atoms with van der Waals surface area (Å²) in [7, 11) is 1.37. The number of aromatic nitrogens is 1. The number of pyridine rings is 1. The summed E-state index contributed by atoms with van der Waals surface area (Å²) in [6.45, 7) is 0. The van der Waals surface area contributed by atoms with E-state index in [4.69, 9.17) is 16.3 Å². The molecule has 0 saturated carbocycles. The van der Waals surface area contributed by atoms with Crippen molar-refractivity contribution in [1.29, 1.82) is 0 Å². The van der Waals surface area contributed by atoms with Gasteiger partial charge in [-0.1, -0.05) is 11.6 Å². The Morgan fingerprint density at radius 2 is 2.23 bits per heavy atom. The molecule has 0 unspecified atom stereocenters. The molecule has 13 heavy (non-hydrogen) atoms. The van der Waals surface area contributed by atoms with Gasteiger partial charge in [0.05, 0.1) is 10.7 Å². The van der Waals surface area contributed by atoms with Crippen molar-refractivity contribution in [1.82, 2.24) is 4.98 Å². The lowest BCUT2D eigenvalue weighted by Gasteiger charge is -2.08. The van der Waals surface area contributed by atoms with Gasteiger partial charge in [-0.05, 0) is 22.6 Å². The molecule has 0 bridgehead atoms. The Kier molecular flexibility index (Phi) is 3.66. The molecule has 0 aromatic carbocycles. The molecule has 1 aromatic rings. The average Bonchev–Trinajstić information content (AvgIpc) is 2.04. The van der Waals surface area contributed by atoms with Crippen LogP contribution in [0.4, 0.5) is 8.78 Å². The molecule has 0 spiro atoms. The highest BCUT2D eigenvalue weighted by molar-refractivity contribution is 14.1. The van der Waals surface area contributed by atoms with Gasteiger partial charge in [-0.3, -0.25) is 4.98 Å². The number of hydrogen-bond donors (Lipinski definition) is 0. The molecular formula is C7H5ClF2INO. The highest BCUT2D eigenvalue weighted by Crippen LogP contribution is 2.34. The van der Waals surface area contributed by atoms with Gasteiger partial charge >= 0.3 is 0 Å². The Morgan fingerprint density at radius 1 is 1.62 bits per heavy atom. The van der Waals surface area contributed by atoms with Crippen LogP contribution in [-0.2, 0) is 0 Å². The molecule has 72 valence electrons. The van der Waals surface area contributed by atoms with E-state index in [1.54, 1.807) is 22.6 Å². The summed E-state index contributed by atoms with van der Waals surface area (Å²) in [6, 6.07) is 0. The van der Waals surface area contributed by atoms with Crippen LogP contribution in [-0.4, -0.2) is 12.1 Å². The smallest absolute Gasteiger partial charge is 0.281 e. The number of alkyl halides is 2. The van der Waals surface area contributed by atoms with Crippen LogP contribution < -0.4 is 4.74 Å². The van der Waals surface area contributed by atoms with Crippen molar-refractivity contribution in [3.05, 3.63) is 20.5 Å². The lowest BCUT2D eigenvalue weighted by Crippen LogP contribution is -1.98. The lowest BCUT2D eigenvalue weighted by atomic mass is 10.3. The molecule has 0 radical (unpaired) electrons. The van der Waals surface area contributed by atoms with Crippen molar-refractivity contribution < 1.29 is 13.5 Å². The van der Waals surface area contributed by atoms with Gasteiger partial charge < -0.3 is 4.74 Å². The van der Waals surface area contributed by atoms with Gasteiger partial charge in [0.2, 0.25) is 0 Å². The summed E-state index contributed by atoms with van der Waals surface area (Å²) in [6.07, 6.45) is -1.46. The van der Waals surface area contributed by atoms with Crippen LogP contribution in [0.25, 0.3) is 0 Å². The third-order valence-corrected chi connectivity index (χ3v) is 2.68. The minimum atomic E-state index is -2.61. The predicted molar refractivity (Wildman–Crippen MR) is 53.5 cm³/mol. The number of nitrogens with zero attached hydrogens (tertiary/aromatic N) is 1. The minimum Gasteiger partial charge on any atom is -0.494 e. The second-order valence-corrected chi connectivity index (χ2v) is 3.63. The van der Waals surface area contributed by atoms with Crippen molar-refractivity contribution in [2.75, 3.05) is 7.11 Å². The molecule has 1 aromatic heterocycles. The molecule has 6 heteroatoms. The van der Waals surface area contributed by atoms with Crippen LogP contribution in [0.15, 0.2) is 6.20 Å². The summed E-state index contributed by atoms with van der Waals surface area (Å²) in [5.74, 6) is 0.243. The van der Waals surface area contributed by atoms with Crippen LogP contribution in [0.1, 0.15) is 12.1 Å². The Hall–Kier alpha value is -0.170. The predicted octanol–water partition coefficient (Wildman–Crippen LogP) is 3.29. The second-order valence-electron chi connectivity index (χ2n) is 2.14. The van der Waals surface area contributed by atoms with Crippen LogP contribution >= 0.6 is 34.2 Å². The summed E-state index contributed by atoms with van der Waals surface area (Å²) >= 11 is 7.40. The van der Waals surface area contributed by atoms with E-state index in [-0.39, 0.29) is 20.0 Å². The summed E-state index contributed by atoms with van der Waals surface area (Å²) in [4.78, 5) is 3.52. The molecular weight excluding hydrogens is 314 g/mol. The molecule has 1 heterocycles. The third kappa shape index (κ3) is 2.19. The Bertz CT molecular complexity index is 322. The van der Waals surface area contributed by atoms with E-state index in [1.165, 1.54) is 7.11 Å². The maximum absolute atomic E-state index is 12.3. The third-order valence-electron chi connectivity index (χ3n) is 1.37. The van der Waals surface area contributed by atoms with E-state index in [0.717, 1.165) is 6.20 Å². The van der Waals surface area contributed by atoms with Gasteiger partial charge in [-0.15, -0.1) is 0 Å². The van der Waals surface area contributed by atoms with Crippen molar-refractivity contribution in [2.24, 2.45) is 0 Å². The molecule has 0 N–H and O–H groups in total. The van der Waals surface area contributed by atoms with Gasteiger partial charge in [0.1, 0.15) is 10.7 Å². The molecule has 0 aliphatic heterocycles. The molecule has 0 aliphatic rings. The van der Waals surface area contributed by atoms with E-state index < -0.39 is 6.43 Å². The lowest BCUT2D eigenvalue weighted by molar-refractivity contribution is 0.144. The van der Waals surface area contributed by atoms with Crippen molar-refractivity contribution >= 4 is 34.2 Å². The van der Waals surface area contributed by atoms with E-state index in [0.29, 0.717) is 0 Å². The highest BCUT2D eigenvalue weighted by Gasteiger charge is 2.18. The van der Waals surface area contributed by atoms with Gasteiger partial charge in [-0.25, -0.2) is 8.78 Å². The maximum Gasteiger partial charge on any atom is 0.281 e. The zero-order chi connectivity index (χ0) is 10.0. The fourth-order valence-corrected chi connectivity index (χ4v) is 2.07. The highest BCUT2D eigenvalue weighted by atomic mass is 127. The summed E-state index contributed by atoms with van der Waals surface area (Å²) in [5, 5.41) is 0.233. The Morgan fingerprint density at radius 3 is 2.69 bits per heavy atom. The quantitative estimate of drug-likeness (QED) is 0.781. The molecule has 0 aliphatic carbocycles. The standard InChI is InChI=1S/C7H5ClF2INO/c1-13-6-3(8)2-12-5(4(6)11)7(9)10/h2,7H,1H3. The molecule has 0 amide bonds. The summed E-state index contributed by atoms with van der Waals surface area (Å²) in [5.41, 5.74) is -0.304. The molecule has 0 saturated heterocycles. The van der Waals surface area contributed by atoms with Crippen LogP contribution in [0.3, 0.4) is 0 Å². The van der Waals surface area contributed by atoms with Gasteiger partial charge in [0, 0.05) is 6.20 Å².